The molecule has 0 radical (unpaired) electrons. The number of benzene rings is 1. The molecule has 26 heavy (non-hydrogen) atoms. The average molecular weight is 350 g/mol. The van der Waals surface area contributed by atoms with Crippen LogP contribution in [0.2, 0.25) is 0 Å². The van der Waals surface area contributed by atoms with Crippen molar-refractivity contribution in [3.8, 4) is 22.6 Å². The first-order valence-corrected chi connectivity index (χ1v) is 8.50. The lowest BCUT2D eigenvalue weighted by Crippen LogP contribution is -2.24. The minimum atomic E-state index is -0.0699. The number of carbonyl (C=O) groups excluding carboxylic acids is 1. The van der Waals surface area contributed by atoms with Crippen LogP contribution in [-0.2, 0) is 16.1 Å². The molecule has 0 saturated heterocycles. The Hall–Kier alpha value is -2.99. The van der Waals surface area contributed by atoms with Crippen LogP contribution < -0.4 is 5.32 Å². The van der Waals surface area contributed by atoms with E-state index in [9.17, 15) is 4.79 Å². The van der Waals surface area contributed by atoms with Gasteiger partial charge in [0.1, 0.15) is 5.82 Å². The number of hydrogen-bond donors (Lipinski definition) is 2. The van der Waals surface area contributed by atoms with Gasteiger partial charge in [-0.25, -0.2) is 4.98 Å². The van der Waals surface area contributed by atoms with Crippen LogP contribution in [0.3, 0.4) is 0 Å². The van der Waals surface area contributed by atoms with E-state index in [4.69, 9.17) is 9.72 Å². The molecule has 0 aliphatic carbocycles. The Kier molecular flexibility index (Phi) is 5.76. The number of nitrogens with one attached hydrogen (secondary N) is 2. The third kappa shape index (κ3) is 4.34. The lowest BCUT2D eigenvalue weighted by Gasteiger charge is -2.02. The van der Waals surface area contributed by atoms with Gasteiger partial charge in [-0.3, -0.25) is 9.78 Å². The fourth-order valence-corrected chi connectivity index (χ4v) is 2.59. The maximum atomic E-state index is 11.8. The number of amides is 1. The van der Waals surface area contributed by atoms with Crippen LogP contribution in [0.5, 0.6) is 0 Å². The molecule has 2 heterocycles. The molecule has 0 atom stereocenters. The molecule has 134 valence electrons. The van der Waals surface area contributed by atoms with Crippen LogP contribution in [0.15, 0.2) is 48.7 Å². The van der Waals surface area contributed by atoms with Gasteiger partial charge in [-0.1, -0.05) is 35.9 Å². The number of carbonyl (C=O) groups is 1. The highest BCUT2D eigenvalue weighted by atomic mass is 16.5. The summed E-state index contributed by atoms with van der Waals surface area (Å²) in [7, 11) is 1.58. The minimum absolute atomic E-state index is 0.0699. The van der Waals surface area contributed by atoms with Gasteiger partial charge in [0.15, 0.2) is 0 Å². The van der Waals surface area contributed by atoms with E-state index in [1.54, 1.807) is 13.3 Å². The Morgan fingerprint density at radius 2 is 2.00 bits per heavy atom. The van der Waals surface area contributed by atoms with Crippen LogP contribution in [0, 0.1) is 6.92 Å². The van der Waals surface area contributed by atoms with Crippen LogP contribution in [0.25, 0.3) is 22.6 Å². The monoisotopic (exact) mass is 350 g/mol. The van der Waals surface area contributed by atoms with Crippen molar-refractivity contribution < 1.29 is 9.53 Å². The van der Waals surface area contributed by atoms with Crippen molar-refractivity contribution in [1.82, 2.24) is 20.3 Å². The SMILES string of the molecule is COCCC(=O)NCc1nc(-c2ccc(C)cc2)c(-c2ccccn2)[nH]1. The van der Waals surface area contributed by atoms with Crippen molar-refractivity contribution in [2.24, 2.45) is 0 Å². The number of pyridine rings is 1. The van der Waals surface area contributed by atoms with Gasteiger partial charge in [0.25, 0.3) is 0 Å². The van der Waals surface area contributed by atoms with E-state index in [0.717, 1.165) is 22.6 Å². The van der Waals surface area contributed by atoms with Gasteiger partial charge in [-0.2, -0.15) is 0 Å². The molecule has 3 rings (SSSR count). The summed E-state index contributed by atoms with van der Waals surface area (Å²) in [4.78, 5) is 24.2. The number of H-pyrrole nitrogens is 1. The summed E-state index contributed by atoms with van der Waals surface area (Å²) in [5.74, 6) is 0.617. The van der Waals surface area contributed by atoms with Crippen molar-refractivity contribution in [3.63, 3.8) is 0 Å². The van der Waals surface area contributed by atoms with Crippen LogP contribution in [-0.4, -0.2) is 34.6 Å². The van der Waals surface area contributed by atoms with E-state index >= 15 is 0 Å². The first-order valence-electron chi connectivity index (χ1n) is 8.50. The molecule has 0 bridgehead atoms. The number of aromatic amines is 1. The summed E-state index contributed by atoms with van der Waals surface area (Å²) in [6.07, 6.45) is 2.08. The molecule has 2 aromatic heterocycles. The normalized spacial score (nSPS) is 10.7. The highest BCUT2D eigenvalue weighted by Gasteiger charge is 2.15. The van der Waals surface area contributed by atoms with Crippen molar-refractivity contribution >= 4 is 5.91 Å². The van der Waals surface area contributed by atoms with Crippen molar-refractivity contribution in [3.05, 3.63) is 60.0 Å². The number of nitrogens with zero attached hydrogens (tertiary/aromatic N) is 2. The topological polar surface area (TPSA) is 79.9 Å². The molecule has 1 aromatic carbocycles. The van der Waals surface area contributed by atoms with E-state index in [0.29, 0.717) is 25.4 Å². The third-order valence-electron chi connectivity index (χ3n) is 3.99. The number of hydrogen-bond acceptors (Lipinski definition) is 4. The third-order valence-corrected chi connectivity index (χ3v) is 3.99. The van der Waals surface area contributed by atoms with Gasteiger partial charge >= 0.3 is 0 Å². The van der Waals surface area contributed by atoms with E-state index in [2.05, 4.69) is 34.3 Å². The second-order valence-corrected chi connectivity index (χ2v) is 6.01. The van der Waals surface area contributed by atoms with Crippen LogP contribution in [0.4, 0.5) is 0 Å². The van der Waals surface area contributed by atoms with Crippen LogP contribution >= 0.6 is 0 Å². The summed E-state index contributed by atoms with van der Waals surface area (Å²) in [6.45, 7) is 2.78. The Morgan fingerprint density at radius 1 is 1.19 bits per heavy atom. The molecule has 1 amide bonds. The summed E-state index contributed by atoms with van der Waals surface area (Å²) in [5.41, 5.74) is 4.67. The smallest absolute Gasteiger partial charge is 0.222 e. The summed E-state index contributed by atoms with van der Waals surface area (Å²) < 4.78 is 4.92. The maximum absolute atomic E-state index is 11.8. The largest absolute Gasteiger partial charge is 0.384 e. The lowest BCUT2D eigenvalue weighted by molar-refractivity contribution is -0.122. The Labute approximate surface area is 152 Å². The molecule has 2 N–H and O–H groups in total. The fourth-order valence-electron chi connectivity index (χ4n) is 2.59. The number of rotatable bonds is 7. The van der Waals surface area contributed by atoms with Gasteiger partial charge in [0.05, 0.1) is 30.2 Å². The molecule has 0 saturated carbocycles. The first kappa shape index (κ1) is 17.8. The number of ether oxygens (including phenoxy) is 1. The molecular weight excluding hydrogens is 328 g/mol. The Bertz CT molecular complexity index is 857. The highest BCUT2D eigenvalue weighted by Crippen LogP contribution is 2.29. The van der Waals surface area contributed by atoms with Crippen molar-refractivity contribution in [1.29, 1.82) is 0 Å². The average Bonchev–Trinajstić information content (AvgIpc) is 3.10. The number of methoxy groups -OCH3 is 1. The molecule has 3 aromatic rings. The zero-order valence-corrected chi connectivity index (χ0v) is 15.0. The number of aryl methyl sites for hydroxylation is 1. The van der Waals surface area contributed by atoms with Crippen molar-refractivity contribution in [2.75, 3.05) is 13.7 Å². The fraction of sp³-hybridized carbons (Fsp3) is 0.250. The van der Waals surface area contributed by atoms with E-state index in [-0.39, 0.29) is 5.91 Å². The standard InChI is InChI=1S/C20H22N4O2/c1-14-6-8-15(9-7-14)19-20(16-5-3-4-11-21-16)24-17(23-19)13-22-18(25)10-12-26-2/h3-9,11H,10,12-13H2,1-2H3,(H,22,25)(H,23,24). The quantitative estimate of drug-likeness (QED) is 0.686. The lowest BCUT2D eigenvalue weighted by atomic mass is 10.1. The Balaban J connectivity index is 1.88. The van der Waals surface area contributed by atoms with Gasteiger partial charge in [-0.05, 0) is 19.1 Å². The molecule has 0 unspecified atom stereocenters. The zero-order valence-electron chi connectivity index (χ0n) is 15.0. The van der Waals surface area contributed by atoms with Gasteiger partial charge < -0.3 is 15.0 Å². The second kappa shape index (κ2) is 8.40. The molecule has 0 aliphatic heterocycles. The molecule has 6 heteroatoms. The molecule has 0 fully saturated rings. The summed E-state index contributed by atoms with van der Waals surface area (Å²) >= 11 is 0. The zero-order chi connectivity index (χ0) is 18.4. The molecule has 6 nitrogen and oxygen atoms in total. The summed E-state index contributed by atoms with van der Waals surface area (Å²) in [5, 5.41) is 2.85. The Morgan fingerprint density at radius 3 is 2.69 bits per heavy atom. The predicted molar refractivity (Wildman–Crippen MR) is 100 cm³/mol. The maximum Gasteiger partial charge on any atom is 0.222 e. The van der Waals surface area contributed by atoms with E-state index < -0.39 is 0 Å². The predicted octanol–water partition coefficient (Wildman–Crippen LogP) is 3.10. The first-order chi connectivity index (χ1) is 12.7. The summed E-state index contributed by atoms with van der Waals surface area (Å²) in [6, 6.07) is 13.9. The van der Waals surface area contributed by atoms with Crippen LogP contribution in [0.1, 0.15) is 17.8 Å². The van der Waals surface area contributed by atoms with Gasteiger partial charge in [-0.15, -0.1) is 0 Å². The van der Waals surface area contributed by atoms with Crippen molar-refractivity contribution in [2.45, 2.75) is 19.9 Å². The van der Waals surface area contributed by atoms with Gasteiger partial charge in [0.2, 0.25) is 5.91 Å². The van der Waals surface area contributed by atoms with E-state index in [1.165, 1.54) is 5.56 Å². The van der Waals surface area contributed by atoms with Gasteiger partial charge in [0, 0.05) is 25.3 Å². The highest BCUT2D eigenvalue weighted by molar-refractivity contribution is 5.77. The molecule has 0 spiro atoms. The number of aromatic nitrogens is 3. The molecular formula is C20H22N4O2. The second-order valence-electron chi connectivity index (χ2n) is 6.01. The van der Waals surface area contributed by atoms with E-state index in [1.807, 2.05) is 30.3 Å². The number of imidazole rings is 1. The minimum Gasteiger partial charge on any atom is -0.384 e. The molecule has 0 aliphatic rings.